The lowest BCUT2D eigenvalue weighted by Crippen LogP contribution is -2.17. The number of halogens is 6. The molecule has 0 spiro atoms. The smallest absolute Gasteiger partial charge is 0.342 e. The summed E-state index contributed by atoms with van der Waals surface area (Å²) < 4.78 is 77.6. The third kappa shape index (κ3) is 6.55. The van der Waals surface area contributed by atoms with Crippen LogP contribution in [0.1, 0.15) is 32.9 Å². The predicted octanol–water partition coefficient (Wildman–Crippen LogP) is 5.52. The van der Waals surface area contributed by atoms with Crippen molar-refractivity contribution >= 4 is 23.5 Å². The fourth-order valence-electron chi connectivity index (χ4n) is 2.82. The number of aromatic nitrogens is 2. The molecule has 0 atom stereocenters. The van der Waals surface area contributed by atoms with Crippen molar-refractivity contribution in [2.45, 2.75) is 18.8 Å². The van der Waals surface area contributed by atoms with E-state index in [9.17, 15) is 35.9 Å². The second-order valence-electron chi connectivity index (χ2n) is 6.90. The average Bonchev–Trinajstić information content (AvgIpc) is 3.26. The topological polar surface area (TPSA) is 74.8 Å². The molecule has 5 nitrogen and oxygen atoms in total. The van der Waals surface area contributed by atoms with Crippen molar-refractivity contribution in [2.24, 2.45) is 0 Å². The maximum Gasteiger partial charge on any atom is 0.416 e. The van der Waals surface area contributed by atoms with Gasteiger partial charge in [-0.15, -0.1) is 0 Å². The largest absolute Gasteiger partial charge is 0.416 e. The van der Waals surface area contributed by atoms with Gasteiger partial charge in [-0.25, -0.2) is 4.98 Å². The Bertz CT molecular complexity index is 1130. The normalized spacial score (nSPS) is 12.2. The number of anilines is 1. The van der Waals surface area contributed by atoms with Gasteiger partial charge in [0.2, 0.25) is 11.7 Å². The Morgan fingerprint density at radius 1 is 0.939 bits per heavy atom. The van der Waals surface area contributed by atoms with E-state index in [1.807, 2.05) is 0 Å². The van der Waals surface area contributed by atoms with E-state index in [4.69, 9.17) is 0 Å². The lowest BCUT2D eigenvalue weighted by molar-refractivity contribution is -0.143. The lowest BCUT2D eigenvalue weighted by Gasteiger charge is -2.14. The fourth-order valence-corrected chi connectivity index (χ4v) is 2.82. The molecule has 1 heterocycles. The number of ketones is 1. The van der Waals surface area contributed by atoms with Gasteiger partial charge < -0.3 is 10.3 Å². The summed E-state index contributed by atoms with van der Waals surface area (Å²) in [4.78, 5) is 30.5. The zero-order chi connectivity index (χ0) is 24.2. The van der Waals surface area contributed by atoms with Crippen LogP contribution in [0.5, 0.6) is 0 Å². The molecule has 0 aliphatic rings. The first-order chi connectivity index (χ1) is 15.4. The van der Waals surface area contributed by atoms with Crippen molar-refractivity contribution in [3.05, 3.63) is 89.0 Å². The Hall–Kier alpha value is -3.89. The molecule has 0 aliphatic heterocycles. The molecule has 0 radical (unpaired) electrons. The molecular weight excluding hydrogens is 452 g/mol. The van der Waals surface area contributed by atoms with Crippen LogP contribution in [0.25, 0.3) is 6.08 Å². The van der Waals surface area contributed by atoms with Crippen molar-refractivity contribution in [3.63, 3.8) is 0 Å². The molecule has 0 bridgehead atoms. The number of nitrogens with zero attached hydrogens (tertiary/aromatic N) is 1. The van der Waals surface area contributed by atoms with Crippen LogP contribution in [-0.4, -0.2) is 21.7 Å². The van der Waals surface area contributed by atoms with Crippen molar-refractivity contribution in [2.75, 3.05) is 5.32 Å². The minimum atomic E-state index is -5.01. The molecule has 11 heteroatoms. The summed E-state index contributed by atoms with van der Waals surface area (Å²) in [6, 6.07) is 7.15. The quantitative estimate of drug-likeness (QED) is 0.285. The molecule has 0 aliphatic carbocycles. The molecule has 3 rings (SSSR count). The first-order valence-corrected chi connectivity index (χ1v) is 9.32. The number of alkyl halides is 6. The van der Waals surface area contributed by atoms with E-state index in [1.54, 1.807) is 24.3 Å². The molecule has 0 saturated heterocycles. The van der Waals surface area contributed by atoms with Crippen LogP contribution in [0.4, 0.5) is 32.0 Å². The maximum atomic E-state index is 12.9. The van der Waals surface area contributed by atoms with Gasteiger partial charge in [-0.05, 0) is 35.4 Å². The monoisotopic (exact) mass is 467 g/mol. The Kier molecular flexibility index (Phi) is 6.70. The first kappa shape index (κ1) is 23.8. The summed E-state index contributed by atoms with van der Waals surface area (Å²) >= 11 is 0. The molecule has 33 heavy (non-hydrogen) atoms. The molecular formula is C22H15F6N3O2. The number of imidazole rings is 1. The highest BCUT2D eigenvalue weighted by atomic mass is 19.4. The van der Waals surface area contributed by atoms with E-state index in [0.29, 0.717) is 23.3 Å². The third-order valence-corrected chi connectivity index (χ3v) is 4.37. The van der Waals surface area contributed by atoms with Gasteiger partial charge in [0.25, 0.3) is 0 Å². The maximum absolute atomic E-state index is 12.9. The molecule has 2 N–H and O–H groups in total. The Morgan fingerprint density at radius 2 is 1.55 bits per heavy atom. The third-order valence-electron chi connectivity index (χ3n) is 4.37. The van der Waals surface area contributed by atoms with Crippen LogP contribution in [0, 0.1) is 0 Å². The van der Waals surface area contributed by atoms with Crippen molar-refractivity contribution in [3.8, 4) is 0 Å². The number of aromatic amines is 1. The zero-order valence-electron chi connectivity index (χ0n) is 16.6. The van der Waals surface area contributed by atoms with Gasteiger partial charge >= 0.3 is 12.4 Å². The zero-order valence-corrected chi connectivity index (χ0v) is 16.6. The van der Waals surface area contributed by atoms with Crippen molar-refractivity contribution < 1.29 is 35.9 Å². The molecule has 0 unspecified atom stereocenters. The Morgan fingerprint density at radius 3 is 2.06 bits per heavy atom. The lowest BCUT2D eigenvalue weighted by atomic mass is 10.1. The van der Waals surface area contributed by atoms with Gasteiger partial charge in [-0.3, -0.25) is 9.59 Å². The Balaban J connectivity index is 1.68. The number of hydrogen-bond donors (Lipinski definition) is 2. The highest BCUT2D eigenvalue weighted by molar-refractivity contribution is 6.04. The summed E-state index contributed by atoms with van der Waals surface area (Å²) in [5.74, 6) is -0.968. The summed E-state index contributed by atoms with van der Waals surface area (Å²) in [5.41, 5.74) is -2.56. The van der Waals surface area contributed by atoms with Crippen molar-refractivity contribution in [1.82, 2.24) is 9.97 Å². The molecule has 0 saturated carbocycles. The van der Waals surface area contributed by atoms with Crippen LogP contribution in [0.2, 0.25) is 0 Å². The van der Waals surface area contributed by atoms with E-state index < -0.39 is 35.1 Å². The average molecular weight is 467 g/mol. The molecule has 3 aromatic rings. The molecule has 2 aromatic carbocycles. The van der Waals surface area contributed by atoms with Crippen LogP contribution in [0.15, 0.2) is 60.9 Å². The molecule has 1 amide bonds. The Labute approximate surface area is 183 Å². The number of hydrogen-bond acceptors (Lipinski definition) is 3. The number of nitrogens with one attached hydrogen (secondary N) is 2. The number of carbonyl (C=O) groups excluding carboxylic acids is 2. The molecule has 1 aromatic heterocycles. The minimum absolute atomic E-state index is 0.0153. The molecule has 0 fully saturated rings. The summed E-state index contributed by atoms with van der Waals surface area (Å²) in [5, 5.41) is 2.08. The highest BCUT2D eigenvalue weighted by Crippen LogP contribution is 2.37. The summed E-state index contributed by atoms with van der Waals surface area (Å²) in [6.45, 7) is 0. The second kappa shape index (κ2) is 9.31. The second-order valence-corrected chi connectivity index (χ2v) is 6.90. The fraction of sp³-hybridized carbons (Fsp3) is 0.136. The SMILES string of the molecule is O=C(Cc1ccc(C=CC(=O)c2ncc[nH]2)cc1)Nc1cc(C(F)(F)F)cc(C(F)(F)F)c1. The van der Waals surface area contributed by atoms with E-state index in [-0.39, 0.29) is 24.1 Å². The van der Waals surface area contributed by atoms with Gasteiger partial charge in [0, 0.05) is 18.1 Å². The number of rotatable bonds is 6. The van der Waals surface area contributed by atoms with Gasteiger partial charge in [0.1, 0.15) is 0 Å². The van der Waals surface area contributed by atoms with Crippen LogP contribution < -0.4 is 5.32 Å². The van der Waals surface area contributed by atoms with E-state index in [0.717, 1.165) is 0 Å². The van der Waals surface area contributed by atoms with Crippen LogP contribution >= 0.6 is 0 Å². The number of carbonyl (C=O) groups is 2. The van der Waals surface area contributed by atoms with Gasteiger partial charge in [0.15, 0.2) is 5.82 Å². The van der Waals surface area contributed by atoms with Crippen LogP contribution in [-0.2, 0) is 23.6 Å². The standard InChI is InChI=1S/C22H15F6N3O2/c23-21(24,25)15-10-16(22(26,27)28)12-17(11-15)31-19(33)9-14-3-1-13(2-4-14)5-6-18(32)20-29-7-8-30-20/h1-8,10-12H,9H2,(H,29,30)(H,31,33). The minimum Gasteiger partial charge on any atom is -0.342 e. The summed E-state index contributed by atoms with van der Waals surface area (Å²) in [6.07, 6.45) is -4.55. The van der Waals surface area contributed by atoms with Crippen molar-refractivity contribution in [1.29, 1.82) is 0 Å². The number of amides is 1. The number of allylic oxidation sites excluding steroid dienone is 1. The van der Waals surface area contributed by atoms with E-state index in [2.05, 4.69) is 15.3 Å². The number of benzene rings is 2. The first-order valence-electron chi connectivity index (χ1n) is 9.32. The summed E-state index contributed by atoms with van der Waals surface area (Å²) in [7, 11) is 0. The van der Waals surface area contributed by atoms with E-state index in [1.165, 1.54) is 24.5 Å². The van der Waals surface area contributed by atoms with Gasteiger partial charge in [-0.2, -0.15) is 26.3 Å². The van der Waals surface area contributed by atoms with Gasteiger partial charge in [-0.1, -0.05) is 30.3 Å². The van der Waals surface area contributed by atoms with Crippen LogP contribution in [0.3, 0.4) is 0 Å². The predicted molar refractivity (Wildman–Crippen MR) is 107 cm³/mol. The van der Waals surface area contributed by atoms with E-state index >= 15 is 0 Å². The van der Waals surface area contributed by atoms with Gasteiger partial charge in [0.05, 0.1) is 17.5 Å². The number of H-pyrrole nitrogens is 1. The highest BCUT2D eigenvalue weighted by Gasteiger charge is 2.37. The molecule has 172 valence electrons.